The van der Waals surface area contributed by atoms with Crippen LogP contribution in [0.4, 0.5) is 0 Å². The highest BCUT2D eigenvalue weighted by atomic mass is 32.1. The first kappa shape index (κ1) is 22.5. The summed E-state index contributed by atoms with van der Waals surface area (Å²) in [6.07, 6.45) is 5.53. The third-order valence-electron chi connectivity index (χ3n) is 5.73. The quantitative estimate of drug-likeness (QED) is 0.619. The fraction of sp³-hybridized carbons (Fsp3) is 0.500. The second-order valence-electron chi connectivity index (χ2n) is 7.82. The van der Waals surface area contributed by atoms with Gasteiger partial charge in [-0.15, -0.1) is 11.3 Å². The fourth-order valence-corrected chi connectivity index (χ4v) is 4.71. The van der Waals surface area contributed by atoms with Crippen LogP contribution in [0.25, 0.3) is 0 Å². The maximum atomic E-state index is 13.4. The predicted octanol–water partition coefficient (Wildman–Crippen LogP) is 4.13. The number of nitrogens with one attached hydrogen (secondary N) is 1. The van der Waals surface area contributed by atoms with Crippen LogP contribution in [0, 0.1) is 0 Å². The van der Waals surface area contributed by atoms with Crippen molar-refractivity contribution in [1.82, 2.24) is 10.2 Å². The molecule has 1 aliphatic rings. The van der Waals surface area contributed by atoms with Crippen LogP contribution < -0.4 is 5.32 Å². The maximum Gasteiger partial charge on any atom is 0.247 e. The van der Waals surface area contributed by atoms with E-state index >= 15 is 0 Å². The van der Waals surface area contributed by atoms with Crippen molar-refractivity contribution in [2.24, 2.45) is 0 Å². The van der Waals surface area contributed by atoms with Crippen molar-refractivity contribution in [3.05, 3.63) is 57.8 Å². The number of amides is 2. The van der Waals surface area contributed by atoms with Gasteiger partial charge in [-0.05, 0) is 41.8 Å². The lowest BCUT2D eigenvalue weighted by atomic mass is 10.0. The summed E-state index contributed by atoms with van der Waals surface area (Å²) in [5.74, 6) is -0.151. The third-order valence-corrected chi connectivity index (χ3v) is 6.60. The number of carbonyl (C=O) groups is 2. The average Bonchev–Trinajstić information content (AvgIpc) is 3.45. The molecule has 0 saturated heterocycles. The molecular weight excluding hydrogens is 396 g/mol. The van der Waals surface area contributed by atoms with Gasteiger partial charge in [0.1, 0.15) is 6.04 Å². The Morgan fingerprint density at radius 1 is 1.20 bits per heavy atom. The maximum absolute atomic E-state index is 13.4. The molecule has 1 aromatic heterocycles. The Morgan fingerprint density at radius 2 is 1.93 bits per heavy atom. The Labute approximate surface area is 183 Å². The van der Waals surface area contributed by atoms with E-state index in [2.05, 4.69) is 12.2 Å². The molecule has 0 radical (unpaired) electrons. The standard InChI is InChI=1S/C24H32N2O3S/c1-3-18-10-12-19(13-11-18)23(24(28)25-20-7-4-5-8-20)26(14-15-29-2)22(27)17-21-9-6-16-30-21/h6,9-13,16,20,23H,3-5,7-8,14-15,17H2,1-2H3,(H,25,28)/t23-/m1/s1. The van der Waals surface area contributed by atoms with Crippen LogP contribution in [0.15, 0.2) is 41.8 Å². The van der Waals surface area contributed by atoms with Gasteiger partial charge in [0.25, 0.3) is 0 Å². The number of methoxy groups -OCH3 is 1. The summed E-state index contributed by atoms with van der Waals surface area (Å²) < 4.78 is 5.27. The van der Waals surface area contributed by atoms with E-state index in [1.54, 1.807) is 23.3 Å². The van der Waals surface area contributed by atoms with E-state index in [0.717, 1.165) is 42.5 Å². The van der Waals surface area contributed by atoms with Crippen molar-refractivity contribution in [3.63, 3.8) is 0 Å². The van der Waals surface area contributed by atoms with Crippen LogP contribution in [0.2, 0.25) is 0 Å². The normalized spacial score (nSPS) is 15.1. The predicted molar refractivity (Wildman–Crippen MR) is 121 cm³/mol. The number of hydrogen-bond acceptors (Lipinski definition) is 4. The average molecular weight is 429 g/mol. The minimum atomic E-state index is -0.654. The van der Waals surface area contributed by atoms with Crippen LogP contribution in [0.1, 0.15) is 54.7 Å². The smallest absolute Gasteiger partial charge is 0.247 e. The van der Waals surface area contributed by atoms with E-state index in [1.807, 2.05) is 41.8 Å². The molecule has 5 nitrogen and oxygen atoms in total. The summed E-state index contributed by atoms with van der Waals surface area (Å²) in [5.41, 5.74) is 2.06. The summed E-state index contributed by atoms with van der Waals surface area (Å²) in [7, 11) is 1.62. The molecule has 1 fully saturated rings. The Bertz CT molecular complexity index is 798. The highest BCUT2D eigenvalue weighted by Crippen LogP contribution is 2.26. The van der Waals surface area contributed by atoms with Gasteiger partial charge >= 0.3 is 0 Å². The second-order valence-corrected chi connectivity index (χ2v) is 8.86. The number of ether oxygens (including phenoxy) is 1. The summed E-state index contributed by atoms with van der Waals surface area (Å²) in [5, 5.41) is 5.17. The molecule has 6 heteroatoms. The molecule has 1 saturated carbocycles. The molecule has 1 aliphatic carbocycles. The van der Waals surface area contributed by atoms with Crippen molar-refractivity contribution < 1.29 is 14.3 Å². The first-order valence-corrected chi connectivity index (χ1v) is 11.7. The van der Waals surface area contributed by atoms with Gasteiger partial charge in [0.05, 0.1) is 13.0 Å². The molecule has 1 heterocycles. The van der Waals surface area contributed by atoms with E-state index in [1.165, 1.54) is 5.56 Å². The minimum absolute atomic E-state index is 0.0550. The molecule has 2 amide bonds. The summed E-state index contributed by atoms with van der Waals surface area (Å²) >= 11 is 1.56. The zero-order chi connectivity index (χ0) is 21.3. The molecule has 0 unspecified atom stereocenters. The number of carbonyl (C=O) groups excluding carboxylic acids is 2. The molecule has 0 aliphatic heterocycles. The molecule has 0 bridgehead atoms. The molecule has 3 rings (SSSR count). The van der Waals surface area contributed by atoms with Crippen LogP contribution in [0.3, 0.4) is 0 Å². The van der Waals surface area contributed by atoms with Crippen molar-refractivity contribution in [2.45, 2.75) is 57.5 Å². The number of thiophene rings is 1. The van der Waals surface area contributed by atoms with Crippen molar-refractivity contribution in [3.8, 4) is 0 Å². The van der Waals surface area contributed by atoms with E-state index in [4.69, 9.17) is 4.74 Å². The van der Waals surface area contributed by atoms with Crippen LogP contribution >= 0.6 is 11.3 Å². The van der Waals surface area contributed by atoms with Crippen molar-refractivity contribution >= 4 is 23.2 Å². The van der Waals surface area contributed by atoms with Gasteiger partial charge in [0.15, 0.2) is 0 Å². The van der Waals surface area contributed by atoms with Crippen LogP contribution in [-0.2, 0) is 27.2 Å². The number of rotatable bonds is 10. The van der Waals surface area contributed by atoms with Gasteiger partial charge in [-0.1, -0.05) is 50.1 Å². The summed E-state index contributed by atoms with van der Waals surface area (Å²) in [6.45, 7) is 2.87. The van der Waals surface area contributed by atoms with Crippen LogP contribution in [0.5, 0.6) is 0 Å². The highest BCUT2D eigenvalue weighted by Gasteiger charge is 2.33. The first-order valence-electron chi connectivity index (χ1n) is 10.8. The van der Waals surface area contributed by atoms with Crippen LogP contribution in [-0.4, -0.2) is 43.0 Å². The first-order chi connectivity index (χ1) is 14.6. The second kappa shape index (κ2) is 11.3. The van der Waals surface area contributed by atoms with Crippen molar-refractivity contribution in [1.29, 1.82) is 0 Å². The Morgan fingerprint density at radius 3 is 2.53 bits per heavy atom. The van der Waals surface area contributed by atoms with Gasteiger partial charge in [-0.3, -0.25) is 9.59 Å². The summed E-state index contributed by atoms with van der Waals surface area (Å²) in [6, 6.07) is 11.5. The van der Waals surface area contributed by atoms with Gasteiger partial charge in [-0.2, -0.15) is 0 Å². The Hall–Kier alpha value is -2.18. The van der Waals surface area contributed by atoms with Gasteiger partial charge in [0, 0.05) is 24.6 Å². The number of nitrogens with zero attached hydrogens (tertiary/aromatic N) is 1. The number of benzene rings is 1. The molecule has 2 aromatic rings. The highest BCUT2D eigenvalue weighted by molar-refractivity contribution is 7.10. The third kappa shape index (κ3) is 5.92. The Kier molecular flexibility index (Phi) is 8.46. The lowest BCUT2D eigenvalue weighted by molar-refractivity contribution is -0.141. The van der Waals surface area contributed by atoms with E-state index in [-0.39, 0.29) is 17.9 Å². The van der Waals surface area contributed by atoms with Crippen molar-refractivity contribution in [2.75, 3.05) is 20.3 Å². The Balaban J connectivity index is 1.89. The molecule has 1 atom stereocenters. The van der Waals surface area contributed by atoms with E-state index in [9.17, 15) is 9.59 Å². The number of hydrogen-bond donors (Lipinski definition) is 1. The van der Waals surface area contributed by atoms with E-state index in [0.29, 0.717) is 19.6 Å². The minimum Gasteiger partial charge on any atom is -0.383 e. The molecule has 30 heavy (non-hydrogen) atoms. The topological polar surface area (TPSA) is 58.6 Å². The molecular formula is C24H32N2O3S. The number of aryl methyl sites for hydroxylation is 1. The monoisotopic (exact) mass is 428 g/mol. The zero-order valence-electron chi connectivity index (χ0n) is 17.9. The van der Waals surface area contributed by atoms with Gasteiger partial charge in [0.2, 0.25) is 11.8 Å². The van der Waals surface area contributed by atoms with E-state index < -0.39 is 6.04 Å². The molecule has 162 valence electrons. The zero-order valence-corrected chi connectivity index (χ0v) is 18.7. The largest absolute Gasteiger partial charge is 0.383 e. The SMILES string of the molecule is CCc1ccc([C@H](C(=O)NC2CCCC2)N(CCOC)C(=O)Cc2cccs2)cc1. The lowest BCUT2D eigenvalue weighted by Crippen LogP contribution is -2.47. The lowest BCUT2D eigenvalue weighted by Gasteiger charge is -2.32. The molecule has 1 N–H and O–H groups in total. The van der Waals surface area contributed by atoms with Gasteiger partial charge in [-0.25, -0.2) is 0 Å². The van der Waals surface area contributed by atoms with Gasteiger partial charge < -0.3 is 15.0 Å². The summed E-state index contributed by atoms with van der Waals surface area (Å²) in [4.78, 5) is 29.4. The molecule has 0 spiro atoms. The fourth-order valence-electron chi connectivity index (χ4n) is 4.01. The molecule has 1 aromatic carbocycles.